The van der Waals surface area contributed by atoms with Gasteiger partial charge in [-0.15, -0.1) is 0 Å². The standard InChI is InChI=1S/C15H21N3O4/c1-21-12-4-2-11(3-5-12)17-14(19)10-13-15(20)18(7-6-16)8-9-22-13/h2-5,13H,6-10,16H2,1H3,(H,17,19)/t13-/m0/s1. The molecule has 3 N–H and O–H groups in total. The summed E-state index contributed by atoms with van der Waals surface area (Å²) in [6.07, 6.45) is -0.745. The maximum absolute atomic E-state index is 12.1. The third kappa shape index (κ3) is 4.19. The number of hydrogen-bond donors (Lipinski definition) is 2. The fraction of sp³-hybridized carbons (Fsp3) is 0.467. The fourth-order valence-corrected chi connectivity index (χ4v) is 2.27. The van der Waals surface area contributed by atoms with E-state index in [1.807, 2.05) is 0 Å². The molecule has 1 aliphatic heterocycles. The molecule has 2 rings (SSSR count). The van der Waals surface area contributed by atoms with Crippen LogP contribution in [-0.2, 0) is 14.3 Å². The second-order valence-corrected chi connectivity index (χ2v) is 4.95. The highest BCUT2D eigenvalue weighted by Gasteiger charge is 2.30. The quantitative estimate of drug-likeness (QED) is 0.783. The van der Waals surface area contributed by atoms with Crippen LogP contribution in [-0.4, -0.2) is 56.2 Å². The van der Waals surface area contributed by atoms with Gasteiger partial charge in [-0.25, -0.2) is 0 Å². The number of carbonyl (C=O) groups excluding carboxylic acids is 2. The molecule has 0 radical (unpaired) electrons. The number of amides is 2. The van der Waals surface area contributed by atoms with E-state index in [0.717, 1.165) is 0 Å². The van der Waals surface area contributed by atoms with Crippen molar-refractivity contribution < 1.29 is 19.1 Å². The summed E-state index contributed by atoms with van der Waals surface area (Å²) in [5.74, 6) is 0.265. The van der Waals surface area contributed by atoms with Crippen LogP contribution < -0.4 is 15.8 Å². The van der Waals surface area contributed by atoms with E-state index in [4.69, 9.17) is 15.2 Å². The first kappa shape index (κ1) is 16.3. The monoisotopic (exact) mass is 307 g/mol. The van der Waals surface area contributed by atoms with Crippen LogP contribution in [0.2, 0.25) is 0 Å². The van der Waals surface area contributed by atoms with Gasteiger partial charge in [0.05, 0.1) is 20.1 Å². The molecule has 0 spiro atoms. The lowest BCUT2D eigenvalue weighted by Gasteiger charge is -2.31. The molecular formula is C15H21N3O4. The number of carbonyl (C=O) groups is 2. The number of methoxy groups -OCH3 is 1. The van der Waals surface area contributed by atoms with Gasteiger partial charge in [0.25, 0.3) is 5.91 Å². The summed E-state index contributed by atoms with van der Waals surface area (Å²) in [7, 11) is 1.58. The van der Waals surface area contributed by atoms with Gasteiger partial charge in [-0.3, -0.25) is 9.59 Å². The van der Waals surface area contributed by atoms with Crippen molar-refractivity contribution in [3.8, 4) is 5.75 Å². The van der Waals surface area contributed by atoms with Crippen molar-refractivity contribution in [1.29, 1.82) is 0 Å². The topological polar surface area (TPSA) is 93.9 Å². The van der Waals surface area contributed by atoms with Crippen molar-refractivity contribution >= 4 is 17.5 Å². The summed E-state index contributed by atoms with van der Waals surface area (Å²) in [4.78, 5) is 25.8. The van der Waals surface area contributed by atoms with Crippen LogP contribution in [0.25, 0.3) is 0 Å². The zero-order valence-corrected chi connectivity index (χ0v) is 12.6. The number of morpholine rings is 1. The maximum Gasteiger partial charge on any atom is 0.252 e. The first-order chi connectivity index (χ1) is 10.6. The van der Waals surface area contributed by atoms with Gasteiger partial charge in [0.2, 0.25) is 5.91 Å². The molecule has 1 aromatic rings. The van der Waals surface area contributed by atoms with E-state index in [-0.39, 0.29) is 18.2 Å². The number of benzene rings is 1. The molecule has 22 heavy (non-hydrogen) atoms. The minimum absolute atomic E-state index is 0.00800. The normalized spacial score (nSPS) is 18.2. The van der Waals surface area contributed by atoms with Crippen LogP contribution in [0.4, 0.5) is 5.69 Å². The zero-order chi connectivity index (χ0) is 15.9. The van der Waals surface area contributed by atoms with Crippen LogP contribution in [0.3, 0.4) is 0 Å². The number of nitrogens with one attached hydrogen (secondary N) is 1. The molecule has 1 atom stereocenters. The Labute approximate surface area is 129 Å². The molecule has 0 bridgehead atoms. The van der Waals surface area contributed by atoms with Crippen LogP contribution in [0, 0.1) is 0 Å². The highest BCUT2D eigenvalue weighted by molar-refractivity contribution is 5.95. The molecule has 1 aromatic carbocycles. The van der Waals surface area contributed by atoms with Crippen LogP contribution in [0.15, 0.2) is 24.3 Å². The van der Waals surface area contributed by atoms with Gasteiger partial charge in [-0.2, -0.15) is 0 Å². The molecule has 0 aromatic heterocycles. The molecule has 1 aliphatic rings. The van der Waals surface area contributed by atoms with Crippen molar-refractivity contribution in [3.05, 3.63) is 24.3 Å². The number of nitrogens with zero attached hydrogens (tertiary/aromatic N) is 1. The van der Waals surface area contributed by atoms with Crippen molar-refractivity contribution in [2.24, 2.45) is 5.73 Å². The van der Waals surface area contributed by atoms with Crippen LogP contribution in [0.1, 0.15) is 6.42 Å². The van der Waals surface area contributed by atoms with E-state index in [1.165, 1.54) is 0 Å². The smallest absolute Gasteiger partial charge is 0.252 e. The van der Waals surface area contributed by atoms with E-state index < -0.39 is 6.10 Å². The Morgan fingerprint density at radius 2 is 2.18 bits per heavy atom. The first-order valence-electron chi connectivity index (χ1n) is 7.18. The molecular weight excluding hydrogens is 286 g/mol. The van der Waals surface area contributed by atoms with Crippen molar-refractivity contribution in [3.63, 3.8) is 0 Å². The Morgan fingerprint density at radius 3 is 2.82 bits per heavy atom. The number of nitrogens with two attached hydrogens (primary N) is 1. The summed E-state index contributed by atoms with van der Waals surface area (Å²) >= 11 is 0. The SMILES string of the molecule is COc1ccc(NC(=O)C[C@@H]2OCCN(CCN)C2=O)cc1. The second kappa shape index (κ2) is 7.77. The lowest BCUT2D eigenvalue weighted by molar-refractivity contribution is -0.154. The summed E-state index contributed by atoms with van der Waals surface area (Å²) in [6, 6.07) is 6.98. The van der Waals surface area contributed by atoms with E-state index >= 15 is 0 Å². The summed E-state index contributed by atoms with van der Waals surface area (Å²) in [5.41, 5.74) is 6.12. The van der Waals surface area contributed by atoms with E-state index in [1.54, 1.807) is 36.3 Å². The van der Waals surface area contributed by atoms with E-state index in [0.29, 0.717) is 37.7 Å². The van der Waals surface area contributed by atoms with Crippen LogP contribution >= 0.6 is 0 Å². The van der Waals surface area contributed by atoms with Crippen LogP contribution in [0.5, 0.6) is 5.75 Å². The van der Waals surface area contributed by atoms with E-state index in [2.05, 4.69) is 5.32 Å². The molecule has 2 amide bonds. The van der Waals surface area contributed by atoms with Gasteiger partial charge in [-0.05, 0) is 24.3 Å². The Bertz CT molecular complexity index is 516. The predicted molar refractivity (Wildman–Crippen MR) is 81.6 cm³/mol. The molecule has 0 unspecified atom stereocenters. The summed E-state index contributed by atoms with van der Waals surface area (Å²) in [5, 5.41) is 2.74. The predicted octanol–water partition coefficient (Wildman–Crippen LogP) is 0.210. The zero-order valence-electron chi connectivity index (χ0n) is 12.6. The average Bonchev–Trinajstić information content (AvgIpc) is 2.52. The third-order valence-corrected chi connectivity index (χ3v) is 3.41. The molecule has 7 nitrogen and oxygen atoms in total. The summed E-state index contributed by atoms with van der Waals surface area (Å²) in [6.45, 7) is 1.83. The number of rotatable bonds is 6. The highest BCUT2D eigenvalue weighted by atomic mass is 16.5. The Morgan fingerprint density at radius 1 is 1.45 bits per heavy atom. The number of ether oxygens (including phenoxy) is 2. The molecule has 1 heterocycles. The van der Waals surface area contributed by atoms with Crippen molar-refractivity contribution in [2.45, 2.75) is 12.5 Å². The molecule has 7 heteroatoms. The second-order valence-electron chi connectivity index (χ2n) is 4.95. The summed E-state index contributed by atoms with van der Waals surface area (Å²) < 4.78 is 10.5. The molecule has 0 aliphatic carbocycles. The molecule has 1 saturated heterocycles. The maximum atomic E-state index is 12.1. The minimum Gasteiger partial charge on any atom is -0.497 e. The van der Waals surface area contributed by atoms with Gasteiger partial charge in [-0.1, -0.05) is 0 Å². The molecule has 120 valence electrons. The van der Waals surface area contributed by atoms with Gasteiger partial charge < -0.3 is 25.4 Å². The minimum atomic E-state index is -0.737. The van der Waals surface area contributed by atoms with Gasteiger partial charge in [0.15, 0.2) is 0 Å². The molecule has 1 fully saturated rings. The first-order valence-corrected chi connectivity index (χ1v) is 7.18. The Hall–Kier alpha value is -2.12. The Balaban J connectivity index is 1.89. The largest absolute Gasteiger partial charge is 0.497 e. The lowest BCUT2D eigenvalue weighted by Crippen LogP contribution is -2.50. The number of hydrogen-bond acceptors (Lipinski definition) is 5. The van der Waals surface area contributed by atoms with Crippen molar-refractivity contribution in [2.75, 3.05) is 38.7 Å². The lowest BCUT2D eigenvalue weighted by atomic mass is 10.1. The molecule has 0 saturated carbocycles. The van der Waals surface area contributed by atoms with E-state index in [9.17, 15) is 9.59 Å². The highest BCUT2D eigenvalue weighted by Crippen LogP contribution is 2.16. The third-order valence-electron chi connectivity index (χ3n) is 3.41. The Kier molecular flexibility index (Phi) is 5.74. The van der Waals surface area contributed by atoms with Gasteiger partial charge in [0.1, 0.15) is 11.9 Å². The van der Waals surface area contributed by atoms with Crippen molar-refractivity contribution in [1.82, 2.24) is 4.90 Å². The van der Waals surface area contributed by atoms with Gasteiger partial charge in [0, 0.05) is 25.3 Å². The van der Waals surface area contributed by atoms with Gasteiger partial charge >= 0.3 is 0 Å². The fourth-order valence-electron chi connectivity index (χ4n) is 2.27. The average molecular weight is 307 g/mol. The number of anilines is 1.